The average Bonchev–Trinajstić information content (AvgIpc) is 2.27. The van der Waals surface area contributed by atoms with Crippen molar-refractivity contribution in [3.8, 4) is 11.8 Å². The highest BCUT2D eigenvalue weighted by Gasteiger charge is 2.18. The smallest absolute Gasteiger partial charge is 0.337 e. The standard InChI is InChI=1S/C9H11NO5/c1-14-6-3-5(8(11)9(12)13)4-7(10-6)15-2/h3-4,8,11H,1-2H3,(H,12,13). The Hall–Kier alpha value is -1.82. The van der Waals surface area contributed by atoms with E-state index in [1.807, 2.05) is 0 Å². The molecule has 0 fully saturated rings. The van der Waals surface area contributed by atoms with Crippen LogP contribution in [-0.4, -0.2) is 35.4 Å². The minimum atomic E-state index is -1.62. The predicted molar refractivity (Wildman–Crippen MR) is 49.9 cm³/mol. The Morgan fingerprint density at radius 3 is 2.13 bits per heavy atom. The van der Waals surface area contributed by atoms with E-state index < -0.39 is 12.1 Å². The van der Waals surface area contributed by atoms with Crippen molar-refractivity contribution in [1.82, 2.24) is 4.98 Å². The van der Waals surface area contributed by atoms with Crippen LogP contribution in [0.2, 0.25) is 0 Å². The molecule has 1 aromatic heterocycles. The number of aliphatic hydroxyl groups is 1. The Kier molecular flexibility index (Phi) is 3.46. The average molecular weight is 213 g/mol. The normalized spacial score (nSPS) is 11.9. The second-order valence-corrected chi connectivity index (χ2v) is 2.73. The zero-order valence-electron chi connectivity index (χ0n) is 8.30. The molecule has 0 aliphatic rings. The molecule has 6 heteroatoms. The number of nitrogens with zero attached hydrogens (tertiary/aromatic N) is 1. The molecule has 1 aromatic rings. The third-order valence-electron chi connectivity index (χ3n) is 1.77. The van der Waals surface area contributed by atoms with Crippen LogP contribution in [0.3, 0.4) is 0 Å². The van der Waals surface area contributed by atoms with Crippen LogP contribution in [0.15, 0.2) is 12.1 Å². The summed E-state index contributed by atoms with van der Waals surface area (Å²) in [6.07, 6.45) is -1.62. The van der Waals surface area contributed by atoms with Crippen molar-refractivity contribution in [3.63, 3.8) is 0 Å². The van der Waals surface area contributed by atoms with Gasteiger partial charge in [-0.2, -0.15) is 4.98 Å². The molecule has 1 unspecified atom stereocenters. The quantitative estimate of drug-likeness (QED) is 0.743. The number of aliphatic carboxylic acids is 1. The summed E-state index contributed by atoms with van der Waals surface area (Å²) in [5, 5.41) is 17.9. The van der Waals surface area contributed by atoms with Gasteiger partial charge in [-0.15, -0.1) is 0 Å². The van der Waals surface area contributed by atoms with Gasteiger partial charge >= 0.3 is 5.97 Å². The van der Waals surface area contributed by atoms with Crippen LogP contribution < -0.4 is 9.47 Å². The molecule has 0 radical (unpaired) electrons. The molecule has 2 N–H and O–H groups in total. The van der Waals surface area contributed by atoms with E-state index in [4.69, 9.17) is 14.6 Å². The number of hydrogen-bond acceptors (Lipinski definition) is 5. The summed E-state index contributed by atoms with van der Waals surface area (Å²) in [4.78, 5) is 14.4. The summed E-state index contributed by atoms with van der Waals surface area (Å²) in [5.41, 5.74) is 0.159. The molecule has 0 amide bonds. The Balaban J connectivity index is 3.11. The molecule has 15 heavy (non-hydrogen) atoms. The molecule has 0 spiro atoms. The fraction of sp³-hybridized carbons (Fsp3) is 0.333. The van der Waals surface area contributed by atoms with E-state index in [1.165, 1.54) is 26.4 Å². The molecular formula is C9H11NO5. The van der Waals surface area contributed by atoms with Gasteiger partial charge in [0, 0.05) is 17.7 Å². The number of carbonyl (C=O) groups is 1. The molecule has 6 nitrogen and oxygen atoms in total. The number of ether oxygens (including phenoxy) is 2. The summed E-state index contributed by atoms with van der Waals surface area (Å²) in [6.45, 7) is 0. The Morgan fingerprint density at radius 2 is 1.80 bits per heavy atom. The third kappa shape index (κ3) is 2.57. The minimum Gasteiger partial charge on any atom is -0.481 e. The van der Waals surface area contributed by atoms with Crippen LogP contribution in [0.4, 0.5) is 0 Å². The number of rotatable bonds is 4. The maximum Gasteiger partial charge on any atom is 0.337 e. The summed E-state index contributed by atoms with van der Waals surface area (Å²) in [6, 6.07) is 2.67. The van der Waals surface area contributed by atoms with Gasteiger partial charge in [0.15, 0.2) is 6.10 Å². The third-order valence-corrected chi connectivity index (χ3v) is 1.77. The first-order valence-corrected chi connectivity index (χ1v) is 4.09. The van der Waals surface area contributed by atoms with Crippen molar-refractivity contribution in [1.29, 1.82) is 0 Å². The second kappa shape index (κ2) is 4.61. The SMILES string of the molecule is COc1cc(C(O)C(=O)O)cc(OC)n1. The maximum atomic E-state index is 10.5. The molecule has 0 aromatic carbocycles. The van der Waals surface area contributed by atoms with E-state index in [-0.39, 0.29) is 17.3 Å². The topological polar surface area (TPSA) is 88.9 Å². The zero-order valence-corrected chi connectivity index (χ0v) is 8.30. The maximum absolute atomic E-state index is 10.5. The van der Waals surface area contributed by atoms with Crippen LogP contribution in [-0.2, 0) is 4.79 Å². The lowest BCUT2D eigenvalue weighted by Gasteiger charge is -2.09. The Morgan fingerprint density at radius 1 is 1.33 bits per heavy atom. The van der Waals surface area contributed by atoms with Crippen LogP contribution >= 0.6 is 0 Å². The van der Waals surface area contributed by atoms with Crippen LogP contribution in [0.5, 0.6) is 11.8 Å². The van der Waals surface area contributed by atoms with Crippen LogP contribution in [0.1, 0.15) is 11.7 Å². The number of carboxylic acids is 1. The zero-order chi connectivity index (χ0) is 11.4. The van der Waals surface area contributed by atoms with Crippen molar-refractivity contribution in [2.75, 3.05) is 14.2 Å². The van der Waals surface area contributed by atoms with Gasteiger partial charge in [0.1, 0.15) is 0 Å². The van der Waals surface area contributed by atoms with Crippen LogP contribution in [0.25, 0.3) is 0 Å². The van der Waals surface area contributed by atoms with Gasteiger partial charge in [0.25, 0.3) is 0 Å². The number of aromatic nitrogens is 1. The minimum absolute atomic E-state index is 0.159. The summed E-state index contributed by atoms with van der Waals surface area (Å²) in [7, 11) is 2.78. The predicted octanol–water partition coefficient (Wildman–Crippen LogP) is 0.217. The monoisotopic (exact) mass is 213 g/mol. The van der Waals surface area contributed by atoms with E-state index in [0.717, 1.165) is 0 Å². The number of hydrogen-bond donors (Lipinski definition) is 2. The molecule has 0 aliphatic carbocycles. The lowest BCUT2D eigenvalue weighted by molar-refractivity contribution is -0.146. The fourth-order valence-corrected chi connectivity index (χ4v) is 1.01. The Bertz CT molecular complexity index is 343. The number of aliphatic hydroxyl groups excluding tert-OH is 1. The van der Waals surface area contributed by atoms with Gasteiger partial charge in [0.2, 0.25) is 11.8 Å². The van der Waals surface area contributed by atoms with Gasteiger partial charge in [-0.05, 0) is 0 Å². The molecule has 0 saturated heterocycles. The highest BCUT2D eigenvalue weighted by Crippen LogP contribution is 2.22. The largest absolute Gasteiger partial charge is 0.481 e. The summed E-state index contributed by atoms with van der Waals surface area (Å²) in [5.74, 6) is -0.973. The number of methoxy groups -OCH3 is 2. The molecule has 82 valence electrons. The van der Waals surface area contributed by atoms with E-state index >= 15 is 0 Å². The molecule has 0 saturated carbocycles. The van der Waals surface area contributed by atoms with E-state index in [1.54, 1.807) is 0 Å². The van der Waals surface area contributed by atoms with Gasteiger partial charge in [0.05, 0.1) is 14.2 Å². The Labute approximate surface area is 86.1 Å². The van der Waals surface area contributed by atoms with Gasteiger partial charge in [-0.1, -0.05) is 0 Å². The molecule has 1 heterocycles. The van der Waals surface area contributed by atoms with E-state index in [2.05, 4.69) is 4.98 Å². The van der Waals surface area contributed by atoms with Gasteiger partial charge < -0.3 is 19.7 Å². The lowest BCUT2D eigenvalue weighted by atomic mass is 10.1. The first-order valence-electron chi connectivity index (χ1n) is 4.09. The summed E-state index contributed by atoms with van der Waals surface area (Å²) < 4.78 is 9.66. The fourth-order valence-electron chi connectivity index (χ4n) is 1.01. The lowest BCUT2D eigenvalue weighted by Crippen LogP contribution is -2.11. The highest BCUT2D eigenvalue weighted by atomic mass is 16.5. The number of carboxylic acid groups (broad SMARTS) is 1. The molecule has 1 rings (SSSR count). The van der Waals surface area contributed by atoms with Gasteiger partial charge in [-0.25, -0.2) is 4.79 Å². The summed E-state index contributed by atoms with van der Waals surface area (Å²) >= 11 is 0. The van der Waals surface area contributed by atoms with Crippen molar-refractivity contribution in [2.24, 2.45) is 0 Å². The molecule has 0 bridgehead atoms. The number of pyridine rings is 1. The van der Waals surface area contributed by atoms with Crippen molar-refractivity contribution in [3.05, 3.63) is 17.7 Å². The van der Waals surface area contributed by atoms with Crippen molar-refractivity contribution in [2.45, 2.75) is 6.10 Å². The van der Waals surface area contributed by atoms with E-state index in [9.17, 15) is 9.90 Å². The van der Waals surface area contributed by atoms with Crippen molar-refractivity contribution >= 4 is 5.97 Å². The van der Waals surface area contributed by atoms with E-state index in [0.29, 0.717) is 0 Å². The molecule has 1 atom stereocenters. The first kappa shape index (κ1) is 11.3. The first-order chi connectivity index (χ1) is 7.08. The van der Waals surface area contributed by atoms with Gasteiger partial charge in [-0.3, -0.25) is 0 Å². The van der Waals surface area contributed by atoms with Crippen molar-refractivity contribution < 1.29 is 24.5 Å². The van der Waals surface area contributed by atoms with Crippen LogP contribution in [0, 0.1) is 0 Å². The highest BCUT2D eigenvalue weighted by molar-refractivity contribution is 5.74. The molecule has 0 aliphatic heterocycles. The molecular weight excluding hydrogens is 202 g/mol. The second-order valence-electron chi connectivity index (χ2n) is 2.73.